The van der Waals surface area contributed by atoms with Crippen LogP contribution in [0.5, 0.6) is 5.75 Å². The van der Waals surface area contributed by atoms with Crippen LogP contribution in [0.1, 0.15) is 84.0 Å². The van der Waals surface area contributed by atoms with Crippen molar-refractivity contribution < 1.29 is 24.2 Å². The van der Waals surface area contributed by atoms with Gasteiger partial charge < -0.3 is 25.4 Å². The first kappa shape index (κ1) is 31.7. The molecule has 0 aliphatic rings. The van der Waals surface area contributed by atoms with Crippen LogP contribution in [0.2, 0.25) is 0 Å². The third-order valence-electron chi connectivity index (χ3n) is 6.48. The molecule has 0 saturated heterocycles. The van der Waals surface area contributed by atoms with E-state index in [1.807, 2.05) is 39.0 Å². The molecule has 3 atom stereocenters. The number of hydrogen-bond donors (Lipinski definition) is 3. The normalized spacial score (nSPS) is 13.8. The van der Waals surface area contributed by atoms with Crippen molar-refractivity contribution >= 4 is 23.6 Å². The predicted molar refractivity (Wildman–Crippen MR) is 155 cm³/mol. The Morgan fingerprint density at radius 1 is 0.923 bits per heavy atom. The molecule has 3 amide bonds. The number of anilines is 1. The van der Waals surface area contributed by atoms with Gasteiger partial charge in [0.15, 0.2) is 0 Å². The Hall–Kier alpha value is -3.55. The lowest BCUT2D eigenvalue weighted by atomic mass is 9.96. The molecule has 0 aliphatic heterocycles. The third kappa shape index (κ3) is 9.01. The topological polar surface area (TPSA) is 108 Å². The number of ether oxygens (including phenoxy) is 1. The Labute approximate surface area is 233 Å². The van der Waals surface area contributed by atoms with Crippen LogP contribution in [-0.4, -0.2) is 45.6 Å². The highest BCUT2D eigenvalue weighted by Crippen LogP contribution is 2.34. The number of rotatable bonds is 10. The van der Waals surface area contributed by atoms with E-state index in [-0.39, 0.29) is 11.8 Å². The number of benzene rings is 2. The monoisotopic (exact) mass is 539 g/mol. The molecule has 214 valence electrons. The number of aromatic hydroxyl groups is 1. The third-order valence-corrected chi connectivity index (χ3v) is 6.48. The molecule has 0 bridgehead atoms. The summed E-state index contributed by atoms with van der Waals surface area (Å²) in [5.41, 5.74) is 1.98. The molecule has 39 heavy (non-hydrogen) atoms. The van der Waals surface area contributed by atoms with E-state index < -0.39 is 35.6 Å². The van der Waals surface area contributed by atoms with E-state index >= 15 is 0 Å². The minimum absolute atomic E-state index is 0.0965. The van der Waals surface area contributed by atoms with E-state index in [1.54, 1.807) is 45.9 Å². The van der Waals surface area contributed by atoms with Crippen molar-refractivity contribution in [3.63, 3.8) is 0 Å². The van der Waals surface area contributed by atoms with Crippen LogP contribution in [-0.2, 0) is 14.3 Å². The second-order valence-electron chi connectivity index (χ2n) is 11.7. The van der Waals surface area contributed by atoms with Crippen molar-refractivity contribution in [2.24, 2.45) is 5.92 Å². The summed E-state index contributed by atoms with van der Waals surface area (Å²) in [4.78, 5) is 42.1. The molecular formula is C31H45N3O5. The van der Waals surface area contributed by atoms with Crippen molar-refractivity contribution in [3.05, 3.63) is 59.2 Å². The summed E-state index contributed by atoms with van der Waals surface area (Å²) < 4.78 is 5.35. The van der Waals surface area contributed by atoms with Crippen molar-refractivity contribution in [2.75, 3.05) is 5.32 Å². The number of aryl methyl sites for hydroxylation is 2. The van der Waals surface area contributed by atoms with Gasteiger partial charge in [0.1, 0.15) is 23.4 Å². The number of amides is 3. The zero-order chi connectivity index (χ0) is 29.5. The predicted octanol–water partition coefficient (Wildman–Crippen LogP) is 6.26. The maximum Gasteiger partial charge on any atom is 0.408 e. The van der Waals surface area contributed by atoms with Crippen molar-refractivity contribution in [3.8, 4) is 5.75 Å². The van der Waals surface area contributed by atoms with Gasteiger partial charge >= 0.3 is 6.09 Å². The highest BCUT2D eigenvalue weighted by Gasteiger charge is 2.39. The maximum atomic E-state index is 14.1. The number of phenols is 1. The van der Waals surface area contributed by atoms with Crippen LogP contribution in [0.15, 0.2) is 42.5 Å². The SMILES string of the molecule is Cc1cccc(C)c1NC(=O)C(c1ccccc1O)N(C(=O)C(C)NC(=O)OC(C)(C)C)C(C)CCC(C)C. The Bertz CT molecular complexity index is 1130. The van der Waals surface area contributed by atoms with E-state index in [4.69, 9.17) is 4.74 Å². The number of phenolic OH excluding ortho intramolecular Hbond substituents is 1. The van der Waals surface area contributed by atoms with Crippen LogP contribution < -0.4 is 10.6 Å². The fourth-order valence-corrected chi connectivity index (χ4v) is 4.42. The molecule has 8 nitrogen and oxygen atoms in total. The fraction of sp³-hybridized carbons (Fsp3) is 0.516. The van der Waals surface area contributed by atoms with Gasteiger partial charge in [-0.2, -0.15) is 0 Å². The van der Waals surface area contributed by atoms with Crippen LogP contribution in [0.4, 0.5) is 10.5 Å². The van der Waals surface area contributed by atoms with E-state index in [0.29, 0.717) is 23.6 Å². The van der Waals surface area contributed by atoms with Gasteiger partial charge in [-0.15, -0.1) is 0 Å². The van der Waals surface area contributed by atoms with E-state index in [2.05, 4.69) is 24.5 Å². The summed E-state index contributed by atoms with van der Waals surface area (Å²) in [6, 6.07) is 9.73. The summed E-state index contributed by atoms with van der Waals surface area (Å²) >= 11 is 0. The molecule has 0 radical (unpaired) electrons. The van der Waals surface area contributed by atoms with Crippen molar-refractivity contribution in [1.29, 1.82) is 0 Å². The smallest absolute Gasteiger partial charge is 0.408 e. The Balaban J connectivity index is 2.58. The van der Waals surface area contributed by atoms with E-state index in [0.717, 1.165) is 17.5 Å². The summed E-state index contributed by atoms with van der Waals surface area (Å²) in [6.45, 7) is 16.7. The highest BCUT2D eigenvalue weighted by molar-refractivity contribution is 6.00. The number of para-hydroxylation sites is 2. The second-order valence-corrected chi connectivity index (χ2v) is 11.7. The molecule has 0 saturated carbocycles. The minimum Gasteiger partial charge on any atom is -0.508 e. The second kappa shape index (κ2) is 13.5. The maximum absolute atomic E-state index is 14.1. The zero-order valence-corrected chi connectivity index (χ0v) is 24.8. The van der Waals surface area contributed by atoms with E-state index in [9.17, 15) is 19.5 Å². The largest absolute Gasteiger partial charge is 0.508 e. The first-order chi connectivity index (χ1) is 18.1. The van der Waals surface area contributed by atoms with Gasteiger partial charge in [-0.25, -0.2) is 4.79 Å². The quantitative estimate of drug-likeness (QED) is 0.330. The lowest BCUT2D eigenvalue weighted by Gasteiger charge is -2.38. The van der Waals surface area contributed by atoms with Gasteiger partial charge in [0, 0.05) is 17.3 Å². The van der Waals surface area contributed by atoms with Crippen LogP contribution in [0.25, 0.3) is 0 Å². The number of hydrogen-bond acceptors (Lipinski definition) is 5. The first-order valence-corrected chi connectivity index (χ1v) is 13.6. The molecule has 0 heterocycles. The molecular weight excluding hydrogens is 494 g/mol. The number of carbonyl (C=O) groups excluding carboxylic acids is 3. The van der Waals surface area contributed by atoms with Gasteiger partial charge in [-0.05, 0) is 84.4 Å². The molecule has 8 heteroatoms. The summed E-state index contributed by atoms with van der Waals surface area (Å²) in [7, 11) is 0. The van der Waals surface area contributed by atoms with Gasteiger partial charge in [0.25, 0.3) is 5.91 Å². The molecule has 2 aromatic rings. The number of nitrogens with zero attached hydrogens (tertiary/aromatic N) is 1. The van der Waals surface area contributed by atoms with Crippen LogP contribution >= 0.6 is 0 Å². The van der Waals surface area contributed by atoms with Crippen molar-refractivity contribution in [1.82, 2.24) is 10.2 Å². The molecule has 0 aliphatic carbocycles. The van der Waals surface area contributed by atoms with E-state index in [1.165, 1.54) is 11.0 Å². The Morgan fingerprint density at radius 3 is 2.05 bits per heavy atom. The standard InChI is InChI=1S/C31H45N3O5/c1-19(2)17-18-22(5)34(29(37)23(6)32-30(38)39-31(7,8)9)27(24-15-10-11-16-25(24)35)28(36)33-26-20(3)13-12-14-21(26)4/h10-16,19,22-23,27,35H,17-18H2,1-9H3,(H,32,38)(H,33,36). The van der Waals surface area contributed by atoms with Gasteiger partial charge in [0.2, 0.25) is 5.91 Å². The Kier molecular flexibility index (Phi) is 11.0. The summed E-state index contributed by atoms with van der Waals surface area (Å²) in [5, 5.41) is 16.5. The Morgan fingerprint density at radius 2 is 1.51 bits per heavy atom. The average molecular weight is 540 g/mol. The molecule has 0 aromatic heterocycles. The molecule has 3 N–H and O–H groups in total. The summed E-state index contributed by atoms with van der Waals surface area (Å²) in [6.07, 6.45) is 0.728. The summed E-state index contributed by atoms with van der Waals surface area (Å²) in [5.74, 6) is -0.625. The molecule has 0 spiro atoms. The highest BCUT2D eigenvalue weighted by atomic mass is 16.6. The zero-order valence-electron chi connectivity index (χ0n) is 24.8. The number of carbonyl (C=O) groups is 3. The molecule has 3 unspecified atom stereocenters. The molecule has 2 aromatic carbocycles. The van der Waals surface area contributed by atoms with Gasteiger partial charge in [0.05, 0.1) is 0 Å². The average Bonchev–Trinajstić information content (AvgIpc) is 2.82. The minimum atomic E-state index is -1.15. The lowest BCUT2D eigenvalue weighted by molar-refractivity contribution is -0.143. The van der Waals surface area contributed by atoms with Gasteiger partial charge in [-0.1, -0.05) is 50.2 Å². The first-order valence-electron chi connectivity index (χ1n) is 13.6. The number of alkyl carbamates (subject to hydrolysis) is 1. The van der Waals surface area contributed by atoms with Crippen LogP contribution in [0, 0.1) is 19.8 Å². The fourth-order valence-electron chi connectivity index (χ4n) is 4.42. The molecule has 2 rings (SSSR count). The van der Waals surface area contributed by atoms with Gasteiger partial charge in [-0.3, -0.25) is 9.59 Å². The van der Waals surface area contributed by atoms with Crippen molar-refractivity contribution in [2.45, 2.75) is 98.9 Å². The lowest BCUT2D eigenvalue weighted by Crippen LogP contribution is -2.54. The van der Waals surface area contributed by atoms with Crippen LogP contribution in [0.3, 0.4) is 0 Å². The molecule has 0 fully saturated rings. The number of nitrogens with one attached hydrogen (secondary N) is 2.